The Kier molecular flexibility index (Phi) is 6.38. The lowest BCUT2D eigenvalue weighted by Gasteiger charge is -2.22. The molecule has 0 aromatic heterocycles. The van der Waals surface area contributed by atoms with Gasteiger partial charge in [-0.3, -0.25) is 4.79 Å². The highest BCUT2D eigenvalue weighted by molar-refractivity contribution is 5.79. The summed E-state index contributed by atoms with van der Waals surface area (Å²) in [5, 5.41) is 2.97. The molecule has 0 aliphatic rings. The van der Waals surface area contributed by atoms with E-state index in [1.165, 1.54) is 0 Å². The summed E-state index contributed by atoms with van der Waals surface area (Å²) < 4.78 is 5.73. The Morgan fingerprint density at radius 1 is 1.12 bits per heavy atom. The van der Waals surface area contributed by atoms with Crippen LogP contribution in [0.1, 0.15) is 31.0 Å². The first-order valence-corrected chi connectivity index (χ1v) is 8.27. The minimum absolute atomic E-state index is 0.0632. The van der Waals surface area contributed by atoms with Gasteiger partial charge in [0.15, 0.2) is 0 Å². The van der Waals surface area contributed by atoms with Gasteiger partial charge in [-0.1, -0.05) is 49.4 Å². The first kappa shape index (κ1) is 18.0. The molecule has 1 amide bonds. The molecule has 0 aliphatic carbocycles. The summed E-state index contributed by atoms with van der Waals surface area (Å²) in [5.41, 5.74) is 8.31. The maximum absolute atomic E-state index is 12.4. The van der Waals surface area contributed by atoms with Crippen molar-refractivity contribution in [1.29, 1.82) is 0 Å². The topological polar surface area (TPSA) is 64.3 Å². The van der Waals surface area contributed by atoms with Crippen molar-refractivity contribution in [2.24, 2.45) is 11.7 Å². The molecule has 0 bridgehead atoms. The summed E-state index contributed by atoms with van der Waals surface area (Å²) >= 11 is 0. The van der Waals surface area contributed by atoms with Gasteiger partial charge in [-0.15, -0.1) is 0 Å². The van der Waals surface area contributed by atoms with Gasteiger partial charge in [-0.2, -0.15) is 0 Å². The number of carbonyl (C=O) groups excluding carboxylic acids is 1. The van der Waals surface area contributed by atoms with Gasteiger partial charge in [0.05, 0.1) is 12.0 Å². The minimum atomic E-state index is -0.323. The highest BCUT2D eigenvalue weighted by atomic mass is 16.5. The molecule has 0 aliphatic heterocycles. The molecule has 3 atom stereocenters. The van der Waals surface area contributed by atoms with Crippen LogP contribution >= 0.6 is 0 Å². The van der Waals surface area contributed by atoms with Crippen LogP contribution in [0.3, 0.4) is 0 Å². The van der Waals surface area contributed by atoms with Crippen LogP contribution in [0.15, 0.2) is 54.6 Å². The van der Waals surface area contributed by atoms with Crippen molar-refractivity contribution in [3.63, 3.8) is 0 Å². The fourth-order valence-electron chi connectivity index (χ4n) is 2.47. The summed E-state index contributed by atoms with van der Waals surface area (Å²) in [6.07, 6.45) is 0. The van der Waals surface area contributed by atoms with Crippen molar-refractivity contribution in [1.82, 2.24) is 5.32 Å². The molecule has 128 valence electrons. The van der Waals surface area contributed by atoms with Crippen molar-refractivity contribution in [2.45, 2.75) is 32.9 Å². The van der Waals surface area contributed by atoms with E-state index < -0.39 is 0 Å². The number of nitrogens with one attached hydrogen (secondary N) is 1. The molecule has 4 nitrogen and oxygen atoms in total. The van der Waals surface area contributed by atoms with Crippen LogP contribution < -0.4 is 15.8 Å². The molecule has 3 unspecified atom stereocenters. The van der Waals surface area contributed by atoms with E-state index in [0.29, 0.717) is 6.61 Å². The molecule has 0 radical (unpaired) electrons. The predicted octanol–water partition coefficient (Wildman–Crippen LogP) is 3.21. The van der Waals surface area contributed by atoms with Gasteiger partial charge in [0.1, 0.15) is 12.4 Å². The van der Waals surface area contributed by atoms with E-state index in [9.17, 15) is 4.79 Å². The smallest absolute Gasteiger partial charge is 0.225 e. The number of amides is 1. The van der Waals surface area contributed by atoms with Crippen LogP contribution in [0.2, 0.25) is 0 Å². The third kappa shape index (κ3) is 5.10. The molecule has 0 heterocycles. The van der Waals surface area contributed by atoms with Crippen molar-refractivity contribution in [2.75, 3.05) is 6.61 Å². The zero-order valence-electron chi connectivity index (χ0n) is 14.5. The van der Waals surface area contributed by atoms with E-state index in [-0.39, 0.29) is 23.9 Å². The zero-order valence-corrected chi connectivity index (χ0v) is 14.5. The van der Waals surface area contributed by atoms with E-state index in [1.807, 2.05) is 75.4 Å². The predicted molar refractivity (Wildman–Crippen MR) is 96.8 cm³/mol. The van der Waals surface area contributed by atoms with Gasteiger partial charge in [0.25, 0.3) is 0 Å². The van der Waals surface area contributed by atoms with E-state index in [0.717, 1.165) is 16.9 Å². The second-order valence-corrected chi connectivity index (χ2v) is 6.26. The van der Waals surface area contributed by atoms with Crippen LogP contribution in [0.4, 0.5) is 0 Å². The zero-order chi connectivity index (χ0) is 17.5. The first-order valence-electron chi connectivity index (χ1n) is 8.27. The maximum atomic E-state index is 12.4. The van der Waals surface area contributed by atoms with Gasteiger partial charge in [-0.25, -0.2) is 0 Å². The number of hydrogen-bond acceptors (Lipinski definition) is 3. The highest BCUT2D eigenvalue weighted by Gasteiger charge is 2.23. The SMILES string of the molecule is Cc1cccc(OCC(C)NC(=O)C(C)C(N)c2ccccc2)c1. The molecule has 2 rings (SSSR count). The lowest BCUT2D eigenvalue weighted by Crippen LogP contribution is -2.42. The Labute approximate surface area is 144 Å². The Hall–Kier alpha value is -2.33. The van der Waals surface area contributed by atoms with Crippen LogP contribution in [0, 0.1) is 12.8 Å². The summed E-state index contributed by atoms with van der Waals surface area (Å²) in [4.78, 5) is 12.4. The molecule has 0 fully saturated rings. The Bertz CT molecular complexity index is 658. The standard InChI is InChI=1S/C20H26N2O2/c1-14-8-7-11-18(12-14)24-13-15(2)22-20(23)16(3)19(21)17-9-5-4-6-10-17/h4-12,15-16,19H,13,21H2,1-3H3,(H,22,23). The lowest BCUT2D eigenvalue weighted by molar-refractivity contribution is -0.126. The van der Waals surface area contributed by atoms with Crippen molar-refractivity contribution < 1.29 is 9.53 Å². The number of aryl methyl sites for hydroxylation is 1. The molecular weight excluding hydrogens is 300 g/mol. The lowest BCUT2D eigenvalue weighted by atomic mass is 9.94. The molecule has 24 heavy (non-hydrogen) atoms. The van der Waals surface area contributed by atoms with Gasteiger partial charge < -0.3 is 15.8 Å². The summed E-state index contributed by atoms with van der Waals surface area (Å²) in [7, 11) is 0. The Morgan fingerprint density at radius 2 is 1.83 bits per heavy atom. The third-order valence-electron chi connectivity index (χ3n) is 4.01. The fraction of sp³-hybridized carbons (Fsp3) is 0.350. The number of ether oxygens (including phenoxy) is 1. The molecule has 0 saturated carbocycles. The van der Waals surface area contributed by atoms with E-state index in [1.54, 1.807) is 0 Å². The van der Waals surface area contributed by atoms with Crippen molar-refractivity contribution >= 4 is 5.91 Å². The van der Waals surface area contributed by atoms with E-state index in [2.05, 4.69) is 5.32 Å². The first-order chi connectivity index (χ1) is 11.5. The normalized spacial score (nSPS) is 14.5. The second kappa shape index (κ2) is 8.50. The summed E-state index contributed by atoms with van der Waals surface area (Å²) in [5.74, 6) is 0.436. The largest absolute Gasteiger partial charge is 0.491 e. The Balaban J connectivity index is 1.84. The third-order valence-corrected chi connectivity index (χ3v) is 4.01. The number of benzene rings is 2. The number of carbonyl (C=O) groups is 1. The Morgan fingerprint density at radius 3 is 2.50 bits per heavy atom. The fourth-order valence-corrected chi connectivity index (χ4v) is 2.47. The molecule has 0 spiro atoms. The summed E-state index contributed by atoms with van der Waals surface area (Å²) in [6, 6.07) is 17.1. The minimum Gasteiger partial charge on any atom is -0.491 e. The van der Waals surface area contributed by atoms with E-state index >= 15 is 0 Å². The average molecular weight is 326 g/mol. The molecule has 3 N–H and O–H groups in total. The van der Waals surface area contributed by atoms with Crippen LogP contribution in [-0.2, 0) is 4.79 Å². The summed E-state index contributed by atoms with van der Waals surface area (Å²) in [6.45, 7) is 6.21. The molecular formula is C20H26N2O2. The van der Waals surface area contributed by atoms with Gasteiger partial charge in [0.2, 0.25) is 5.91 Å². The van der Waals surface area contributed by atoms with E-state index in [4.69, 9.17) is 10.5 Å². The quantitative estimate of drug-likeness (QED) is 0.821. The molecule has 4 heteroatoms. The van der Waals surface area contributed by atoms with Crippen molar-refractivity contribution in [3.05, 3.63) is 65.7 Å². The second-order valence-electron chi connectivity index (χ2n) is 6.26. The van der Waals surface area contributed by atoms with Crippen LogP contribution in [0.25, 0.3) is 0 Å². The van der Waals surface area contributed by atoms with Crippen LogP contribution in [-0.4, -0.2) is 18.6 Å². The van der Waals surface area contributed by atoms with Gasteiger partial charge in [-0.05, 0) is 37.1 Å². The van der Waals surface area contributed by atoms with Gasteiger partial charge in [0, 0.05) is 6.04 Å². The monoisotopic (exact) mass is 326 g/mol. The number of rotatable bonds is 7. The van der Waals surface area contributed by atoms with Crippen molar-refractivity contribution in [3.8, 4) is 5.75 Å². The average Bonchev–Trinajstić information content (AvgIpc) is 2.59. The maximum Gasteiger partial charge on any atom is 0.225 e. The molecule has 2 aromatic rings. The number of nitrogens with two attached hydrogens (primary N) is 1. The number of hydrogen-bond donors (Lipinski definition) is 2. The highest BCUT2D eigenvalue weighted by Crippen LogP contribution is 2.19. The molecule has 0 saturated heterocycles. The van der Waals surface area contributed by atoms with Crippen LogP contribution in [0.5, 0.6) is 5.75 Å². The van der Waals surface area contributed by atoms with Gasteiger partial charge >= 0.3 is 0 Å². The molecule has 2 aromatic carbocycles.